The van der Waals surface area contributed by atoms with Crippen LogP contribution in [0.25, 0.3) is 0 Å². The third kappa shape index (κ3) is 9.94. The number of hydrogen-bond acceptors (Lipinski definition) is 8. The van der Waals surface area contributed by atoms with Crippen LogP contribution in [-0.4, -0.2) is 39.0 Å². The van der Waals surface area contributed by atoms with Crippen molar-refractivity contribution in [2.45, 2.75) is 75.2 Å². The van der Waals surface area contributed by atoms with Crippen LogP contribution < -0.4 is 10.8 Å². The van der Waals surface area contributed by atoms with E-state index in [4.69, 9.17) is 14.7 Å². The molecular weight excluding hydrogens is 542 g/mol. The van der Waals surface area contributed by atoms with E-state index in [1.807, 2.05) is 66.7 Å². The summed E-state index contributed by atoms with van der Waals surface area (Å²) in [6.45, 7) is 0.417. The van der Waals surface area contributed by atoms with Gasteiger partial charge in [-0.3, -0.25) is 14.8 Å². The van der Waals surface area contributed by atoms with Crippen LogP contribution in [0.5, 0.6) is 0 Å². The molecule has 4 N–H and O–H groups in total. The molecule has 2 amide bonds. The molecule has 1 fully saturated rings. The maximum atomic E-state index is 12.2. The summed E-state index contributed by atoms with van der Waals surface area (Å²) in [7, 11) is 0. The fraction of sp³-hybridized carbons (Fsp3) is 0.387. The number of hydrogen-bond donors (Lipinski definition) is 4. The van der Waals surface area contributed by atoms with Crippen LogP contribution in [0.3, 0.4) is 0 Å². The van der Waals surface area contributed by atoms with Crippen molar-refractivity contribution in [3.05, 3.63) is 95.2 Å². The van der Waals surface area contributed by atoms with E-state index in [1.165, 1.54) is 0 Å². The lowest BCUT2D eigenvalue weighted by molar-refractivity contribution is -0.245. The predicted molar refractivity (Wildman–Crippen MR) is 155 cm³/mol. The Bertz CT molecular complexity index is 1230. The first-order valence-corrected chi connectivity index (χ1v) is 14.9. The minimum Gasteiger partial charge on any atom is -0.392 e. The van der Waals surface area contributed by atoms with Gasteiger partial charge < -0.3 is 19.9 Å². The Balaban J connectivity index is 1.32. The molecule has 9 nitrogen and oxygen atoms in total. The minimum absolute atomic E-state index is 0.000803. The molecule has 1 aromatic heterocycles. The molecule has 1 aliphatic rings. The van der Waals surface area contributed by atoms with E-state index in [-0.39, 0.29) is 31.1 Å². The van der Waals surface area contributed by atoms with Gasteiger partial charge in [0.1, 0.15) is 0 Å². The van der Waals surface area contributed by atoms with Crippen LogP contribution in [0.4, 0.5) is 0 Å². The van der Waals surface area contributed by atoms with Crippen molar-refractivity contribution in [1.82, 2.24) is 15.8 Å². The first-order chi connectivity index (χ1) is 20.0. The van der Waals surface area contributed by atoms with Crippen molar-refractivity contribution in [1.29, 1.82) is 0 Å². The highest BCUT2D eigenvalue weighted by Gasteiger charge is 2.32. The molecule has 3 atom stereocenters. The SMILES string of the molecule is O=C(CCCCCC(=O)NCc1ccc([C@H]2O[C@@H](CSc3ccccn3)C[C@@H](c3ccc(CO)cc3)O2)cc1)NO. The second-order valence-corrected chi connectivity index (χ2v) is 11.0. The second-order valence-electron chi connectivity index (χ2n) is 9.94. The Kier molecular flexibility index (Phi) is 12.1. The van der Waals surface area contributed by atoms with Crippen molar-refractivity contribution in [3.8, 4) is 0 Å². The fourth-order valence-corrected chi connectivity index (χ4v) is 5.40. The Morgan fingerprint density at radius 2 is 1.59 bits per heavy atom. The standard InChI is InChI=1S/C31H37N3O6S/c35-20-23-11-13-24(14-12-23)27-18-26(21-41-30-8-4-5-17-32-30)39-31(40-27)25-15-9-22(10-16-25)19-33-28(36)6-2-1-3-7-29(37)34-38/h4-5,8-17,26-27,31,35,38H,1-3,6-7,18-21H2,(H,33,36)(H,34,37)/t26-,27+,31+/m1/s1. The maximum Gasteiger partial charge on any atom is 0.243 e. The largest absolute Gasteiger partial charge is 0.392 e. The van der Waals surface area contributed by atoms with Gasteiger partial charge in [-0.25, -0.2) is 10.5 Å². The Morgan fingerprint density at radius 1 is 0.878 bits per heavy atom. The summed E-state index contributed by atoms with van der Waals surface area (Å²) in [5, 5.41) is 21.8. The number of ether oxygens (including phenoxy) is 2. The molecule has 218 valence electrons. The van der Waals surface area contributed by atoms with E-state index < -0.39 is 12.2 Å². The van der Waals surface area contributed by atoms with E-state index in [1.54, 1.807) is 23.4 Å². The highest BCUT2D eigenvalue weighted by atomic mass is 32.2. The number of pyridine rings is 1. The number of benzene rings is 2. The number of aliphatic hydroxyl groups excluding tert-OH is 1. The van der Waals surface area contributed by atoms with Crippen molar-refractivity contribution < 1.29 is 29.4 Å². The van der Waals surface area contributed by atoms with Gasteiger partial charge >= 0.3 is 0 Å². The zero-order valence-corrected chi connectivity index (χ0v) is 23.7. The lowest BCUT2D eigenvalue weighted by atomic mass is 10.0. The van der Waals surface area contributed by atoms with Gasteiger partial charge in [-0.2, -0.15) is 0 Å². The van der Waals surface area contributed by atoms with Gasteiger partial charge in [-0.05, 0) is 41.7 Å². The monoisotopic (exact) mass is 579 g/mol. The number of nitrogens with zero attached hydrogens (tertiary/aromatic N) is 1. The molecule has 0 radical (unpaired) electrons. The Hall–Kier alpha value is -3.28. The number of aliphatic hydroxyl groups is 1. The van der Waals surface area contributed by atoms with Gasteiger partial charge in [0.05, 0.1) is 23.8 Å². The molecule has 0 saturated carbocycles. The molecule has 2 aromatic carbocycles. The molecule has 0 unspecified atom stereocenters. The summed E-state index contributed by atoms with van der Waals surface area (Å²) in [4.78, 5) is 27.6. The minimum atomic E-state index is -0.544. The van der Waals surface area contributed by atoms with Crippen LogP contribution in [0.15, 0.2) is 78.0 Å². The third-order valence-corrected chi connectivity index (χ3v) is 7.92. The van der Waals surface area contributed by atoms with Crippen LogP contribution in [-0.2, 0) is 32.2 Å². The topological polar surface area (TPSA) is 130 Å². The second kappa shape index (κ2) is 16.2. The van der Waals surface area contributed by atoms with Crippen molar-refractivity contribution >= 4 is 23.6 Å². The molecule has 4 rings (SSSR count). The summed E-state index contributed by atoms with van der Waals surface area (Å²) < 4.78 is 12.8. The smallest absolute Gasteiger partial charge is 0.243 e. The van der Waals surface area contributed by atoms with Crippen LogP contribution in [0.2, 0.25) is 0 Å². The number of rotatable bonds is 14. The van der Waals surface area contributed by atoms with E-state index >= 15 is 0 Å². The number of nitrogens with one attached hydrogen (secondary N) is 2. The molecule has 10 heteroatoms. The fourth-order valence-electron chi connectivity index (χ4n) is 4.52. The van der Waals surface area contributed by atoms with E-state index in [0.29, 0.717) is 32.2 Å². The van der Waals surface area contributed by atoms with Crippen LogP contribution in [0.1, 0.15) is 73.2 Å². The summed E-state index contributed by atoms with van der Waals surface area (Å²) in [5.74, 6) is 0.289. The first-order valence-electron chi connectivity index (χ1n) is 13.9. The Morgan fingerprint density at radius 3 is 2.27 bits per heavy atom. The van der Waals surface area contributed by atoms with Gasteiger partial charge in [0.2, 0.25) is 11.8 Å². The number of carbonyl (C=O) groups is 2. The summed E-state index contributed by atoms with van der Waals surface area (Å²) in [6, 6.07) is 21.6. The van der Waals surface area contributed by atoms with Crippen molar-refractivity contribution in [3.63, 3.8) is 0 Å². The van der Waals surface area contributed by atoms with Gasteiger partial charge in [0, 0.05) is 43.3 Å². The number of aromatic nitrogens is 1. The lowest BCUT2D eigenvalue weighted by Gasteiger charge is -2.36. The van der Waals surface area contributed by atoms with Crippen molar-refractivity contribution in [2.24, 2.45) is 0 Å². The zero-order chi connectivity index (χ0) is 28.9. The molecular formula is C31H37N3O6S. The maximum absolute atomic E-state index is 12.2. The van der Waals surface area contributed by atoms with Crippen LogP contribution >= 0.6 is 11.8 Å². The van der Waals surface area contributed by atoms with Gasteiger partial charge in [0.15, 0.2) is 6.29 Å². The number of carbonyl (C=O) groups excluding carboxylic acids is 2. The number of hydroxylamine groups is 1. The molecule has 1 aliphatic heterocycles. The number of amides is 2. The first kappa shape index (κ1) is 30.7. The molecule has 3 aromatic rings. The molecule has 0 aliphatic carbocycles. The molecule has 2 heterocycles. The molecule has 0 spiro atoms. The van der Waals surface area contributed by atoms with Gasteiger partial charge in [-0.1, -0.05) is 61.0 Å². The lowest BCUT2D eigenvalue weighted by Crippen LogP contribution is -2.31. The summed E-state index contributed by atoms with van der Waals surface area (Å²) in [6.07, 6.45) is 4.42. The zero-order valence-electron chi connectivity index (χ0n) is 22.9. The quantitative estimate of drug-likeness (QED) is 0.0911. The van der Waals surface area contributed by atoms with E-state index in [9.17, 15) is 14.7 Å². The number of thioether (sulfide) groups is 1. The van der Waals surface area contributed by atoms with Crippen LogP contribution in [0, 0.1) is 0 Å². The molecule has 41 heavy (non-hydrogen) atoms. The molecule has 0 bridgehead atoms. The predicted octanol–water partition coefficient (Wildman–Crippen LogP) is 4.98. The van der Waals surface area contributed by atoms with E-state index in [2.05, 4.69) is 10.3 Å². The summed E-state index contributed by atoms with van der Waals surface area (Å²) >= 11 is 1.66. The highest BCUT2D eigenvalue weighted by Crippen LogP contribution is 2.39. The third-order valence-electron chi connectivity index (χ3n) is 6.84. The highest BCUT2D eigenvalue weighted by molar-refractivity contribution is 7.99. The Labute approximate surface area is 244 Å². The summed E-state index contributed by atoms with van der Waals surface area (Å²) in [5.41, 5.74) is 5.38. The van der Waals surface area contributed by atoms with Crippen molar-refractivity contribution in [2.75, 3.05) is 5.75 Å². The van der Waals surface area contributed by atoms with Gasteiger partial charge in [-0.15, -0.1) is 11.8 Å². The number of unbranched alkanes of at least 4 members (excludes halogenated alkanes) is 2. The average Bonchev–Trinajstić information content (AvgIpc) is 3.03. The molecule has 1 saturated heterocycles. The normalized spacial score (nSPS) is 18.5. The average molecular weight is 580 g/mol. The van der Waals surface area contributed by atoms with E-state index in [0.717, 1.165) is 39.5 Å². The van der Waals surface area contributed by atoms with Gasteiger partial charge in [0.25, 0.3) is 0 Å².